The van der Waals surface area contributed by atoms with Crippen LogP contribution < -0.4 is 5.32 Å². The van der Waals surface area contributed by atoms with E-state index in [-0.39, 0.29) is 17.6 Å². The molecule has 1 saturated carbocycles. The van der Waals surface area contributed by atoms with Crippen molar-refractivity contribution < 1.29 is 9.53 Å². The Morgan fingerprint density at radius 3 is 2.44 bits per heavy atom. The van der Waals surface area contributed by atoms with Crippen LogP contribution >= 0.6 is 0 Å². The van der Waals surface area contributed by atoms with Crippen LogP contribution in [0.25, 0.3) is 0 Å². The molecule has 0 aromatic heterocycles. The summed E-state index contributed by atoms with van der Waals surface area (Å²) in [5.74, 6) is 1.38. The van der Waals surface area contributed by atoms with Gasteiger partial charge >= 0.3 is 5.97 Å². The molecule has 0 aliphatic heterocycles. The molecular formula is C15H29NO2. The van der Waals surface area contributed by atoms with Gasteiger partial charge in [0.1, 0.15) is 6.10 Å². The first-order valence-electron chi connectivity index (χ1n) is 7.22. The minimum absolute atomic E-state index is 0.0569. The molecule has 0 aromatic carbocycles. The summed E-state index contributed by atoms with van der Waals surface area (Å²) < 4.78 is 5.55. The molecule has 3 unspecified atom stereocenters. The number of rotatable bonds is 4. The van der Waals surface area contributed by atoms with Gasteiger partial charge in [0, 0.05) is 12.1 Å². The normalized spacial score (nSPS) is 29.1. The number of hydrogen-bond donors (Lipinski definition) is 1. The molecule has 1 aliphatic rings. The third-order valence-electron chi connectivity index (χ3n) is 3.83. The summed E-state index contributed by atoms with van der Waals surface area (Å²) in [6, 6.07) is 0. The van der Waals surface area contributed by atoms with Crippen molar-refractivity contribution in [2.45, 2.75) is 71.9 Å². The Morgan fingerprint density at radius 2 is 1.89 bits per heavy atom. The highest BCUT2D eigenvalue weighted by atomic mass is 16.5. The van der Waals surface area contributed by atoms with Gasteiger partial charge in [0.05, 0.1) is 6.42 Å². The van der Waals surface area contributed by atoms with Gasteiger partial charge < -0.3 is 10.1 Å². The van der Waals surface area contributed by atoms with Crippen LogP contribution in [0, 0.1) is 11.8 Å². The monoisotopic (exact) mass is 255 g/mol. The van der Waals surface area contributed by atoms with Crippen molar-refractivity contribution in [1.82, 2.24) is 5.32 Å². The molecule has 1 fully saturated rings. The second kappa shape index (κ2) is 6.55. The number of ether oxygens (including phenoxy) is 1. The number of carbonyl (C=O) groups excluding carboxylic acids is 1. The summed E-state index contributed by atoms with van der Waals surface area (Å²) in [6.45, 7) is 11.5. The summed E-state index contributed by atoms with van der Waals surface area (Å²) in [7, 11) is 0. The van der Waals surface area contributed by atoms with Gasteiger partial charge in [0.2, 0.25) is 0 Å². The molecule has 18 heavy (non-hydrogen) atoms. The molecule has 3 nitrogen and oxygen atoms in total. The van der Waals surface area contributed by atoms with E-state index in [2.05, 4.69) is 39.9 Å². The fourth-order valence-corrected chi connectivity index (χ4v) is 2.39. The van der Waals surface area contributed by atoms with E-state index in [1.165, 1.54) is 6.42 Å². The first kappa shape index (κ1) is 15.5. The van der Waals surface area contributed by atoms with Gasteiger partial charge in [-0.25, -0.2) is 0 Å². The van der Waals surface area contributed by atoms with E-state index in [9.17, 15) is 4.79 Å². The predicted octanol–water partition coefficient (Wildman–Crippen LogP) is 3.13. The van der Waals surface area contributed by atoms with Gasteiger partial charge in [0.15, 0.2) is 0 Å². The minimum Gasteiger partial charge on any atom is -0.462 e. The molecule has 0 radical (unpaired) electrons. The highest BCUT2D eigenvalue weighted by Crippen LogP contribution is 2.31. The molecule has 3 heteroatoms. The van der Waals surface area contributed by atoms with Crippen molar-refractivity contribution in [2.24, 2.45) is 11.8 Å². The molecule has 3 atom stereocenters. The average Bonchev–Trinajstić information content (AvgIpc) is 2.21. The molecule has 1 N–H and O–H groups in total. The van der Waals surface area contributed by atoms with Crippen LogP contribution in [-0.2, 0) is 9.53 Å². The Labute approximate surface area is 112 Å². The zero-order valence-corrected chi connectivity index (χ0v) is 12.6. The van der Waals surface area contributed by atoms with E-state index in [0.717, 1.165) is 18.8 Å². The zero-order chi connectivity index (χ0) is 13.8. The standard InChI is InChI=1S/C15H29NO2/c1-11-6-7-13(10-12(11)2)18-14(17)8-9-16-15(3,4)5/h11-13,16H,6-10H2,1-5H3. The SMILES string of the molecule is CC1CCC(OC(=O)CCNC(C)(C)C)CC1C. The van der Waals surface area contributed by atoms with Crippen molar-refractivity contribution >= 4 is 5.97 Å². The lowest BCUT2D eigenvalue weighted by atomic mass is 9.80. The Bertz CT molecular complexity index is 270. The Morgan fingerprint density at radius 1 is 1.22 bits per heavy atom. The molecule has 106 valence electrons. The minimum atomic E-state index is -0.0569. The zero-order valence-electron chi connectivity index (χ0n) is 12.6. The van der Waals surface area contributed by atoms with Crippen molar-refractivity contribution in [1.29, 1.82) is 0 Å². The Hall–Kier alpha value is -0.570. The fourth-order valence-electron chi connectivity index (χ4n) is 2.39. The van der Waals surface area contributed by atoms with Gasteiger partial charge in [0.25, 0.3) is 0 Å². The topological polar surface area (TPSA) is 38.3 Å². The molecule has 0 saturated heterocycles. The summed E-state index contributed by atoms with van der Waals surface area (Å²) in [5.41, 5.74) is 0.0645. The maximum Gasteiger partial charge on any atom is 0.307 e. The van der Waals surface area contributed by atoms with Crippen molar-refractivity contribution in [2.75, 3.05) is 6.54 Å². The van der Waals surface area contributed by atoms with Crippen LogP contribution in [0.1, 0.15) is 60.3 Å². The van der Waals surface area contributed by atoms with Crippen LogP contribution in [0.15, 0.2) is 0 Å². The van der Waals surface area contributed by atoms with Gasteiger partial charge in [-0.15, -0.1) is 0 Å². The second-order valence-corrected chi connectivity index (χ2v) is 6.81. The van der Waals surface area contributed by atoms with Crippen LogP contribution in [-0.4, -0.2) is 24.2 Å². The van der Waals surface area contributed by atoms with Crippen molar-refractivity contribution in [3.63, 3.8) is 0 Å². The predicted molar refractivity (Wildman–Crippen MR) is 74.4 cm³/mol. The molecule has 1 aliphatic carbocycles. The Kier molecular flexibility index (Phi) is 5.64. The van der Waals surface area contributed by atoms with E-state index in [1.54, 1.807) is 0 Å². The molecule has 0 heterocycles. The van der Waals surface area contributed by atoms with Crippen LogP contribution in [0.3, 0.4) is 0 Å². The van der Waals surface area contributed by atoms with Crippen molar-refractivity contribution in [3.05, 3.63) is 0 Å². The second-order valence-electron chi connectivity index (χ2n) is 6.81. The summed E-state index contributed by atoms with van der Waals surface area (Å²) >= 11 is 0. The van der Waals surface area contributed by atoms with E-state index in [4.69, 9.17) is 4.74 Å². The number of nitrogens with one attached hydrogen (secondary N) is 1. The van der Waals surface area contributed by atoms with Crippen LogP contribution in [0.4, 0.5) is 0 Å². The molecule has 0 bridgehead atoms. The van der Waals surface area contributed by atoms with E-state index >= 15 is 0 Å². The van der Waals surface area contributed by atoms with Crippen LogP contribution in [0.5, 0.6) is 0 Å². The van der Waals surface area contributed by atoms with E-state index < -0.39 is 0 Å². The maximum atomic E-state index is 11.7. The fraction of sp³-hybridized carbons (Fsp3) is 0.933. The summed E-state index contributed by atoms with van der Waals surface area (Å²) in [5, 5.41) is 3.31. The number of hydrogen-bond acceptors (Lipinski definition) is 3. The highest BCUT2D eigenvalue weighted by Gasteiger charge is 2.26. The molecule has 0 spiro atoms. The molecule has 1 rings (SSSR count). The largest absolute Gasteiger partial charge is 0.462 e. The third kappa shape index (κ3) is 5.85. The van der Waals surface area contributed by atoms with Crippen LogP contribution in [0.2, 0.25) is 0 Å². The Balaban J connectivity index is 2.20. The third-order valence-corrected chi connectivity index (χ3v) is 3.83. The van der Waals surface area contributed by atoms with E-state index in [0.29, 0.717) is 18.9 Å². The van der Waals surface area contributed by atoms with Gasteiger partial charge in [-0.05, 0) is 51.9 Å². The quantitative estimate of drug-likeness (QED) is 0.784. The molecule has 0 aromatic rings. The lowest BCUT2D eigenvalue weighted by Crippen LogP contribution is -2.37. The van der Waals surface area contributed by atoms with Gasteiger partial charge in [-0.3, -0.25) is 4.79 Å². The van der Waals surface area contributed by atoms with Gasteiger partial charge in [-0.1, -0.05) is 13.8 Å². The summed E-state index contributed by atoms with van der Waals surface area (Å²) in [4.78, 5) is 11.7. The first-order chi connectivity index (χ1) is 8.28. The first-order valence-corrected chi connectivity index (χ1v) is 7.22. The van der Waals surface area contributed by atoms with Crippen molar-refractivity contribution in [3.8, 4) is 0 Å². The number of esters is 1. The lowest BCUT2D eigenvalue weighted by Gasteiger charge is -2.31. The number of carbonyl (C=O) groups is 1. The highest BCUT2D eigenvalue weighted by molar-refractivity contribution is 5.69. The average molecular weight is 255 g/mol. The van der Waals surface area contributed by atoms with Gasteiger partial charge in [-0.2, -0.15) is 0 Å². The van der Waals surface area contributed by atoms with E-state index in [1.807, 2.05) is 0 Å². The summed E-state index contributed by atoms with van der Waals surface area (Å²) in [6.07, 6.45) is 3.86. The molecule has 0 amide bonds. The smallest absolute Gasteiger partial charge is 0.307 e. The molecular weight excluding hydrogens is 226 g/mol. The maximum absolute atomic E-state index is 11.7. The lowest BCUT2D eigenvalue weighted by molar-refractivity contribution is -0.151.